The van der Waals surface area contributed by atoms with Crippen LogP contribution in [0.1, 0.15) is 12.0 Å². The van der Waals surface area contributed by atoms with Crippen molar-refractivity contribution in [3.63, 3.8) is 0 Å². The normalized spacial score (nSPS) is 17.6. The predicted molar refractivity (Wildman–Crippen MR) is 110 cm³/mol. The molecule has 1 heterocycles. The van der Waals surface area contributed by atoms with Gasteiger partial charge in [-0.05, 0) is 24.1 Å². The van der Waals surface area contributed by atoms with Crippen molar-refractivity contribution in [1.82, 2.24) is 10.2 Å². The van der Waals surface area contributed by atoms with Gasteiger partial charge in [-0.15, -0.1) is 12.4 Å². The molecule has 0 spiro atoms. The average Bonchev–Trinajstić information content (AvgIpc) is 2.72. The van der Waals surface area contributed by atoms with Gasteiger partial charge in [0.1, 0.15) is 6.61 Å². The van der Waals surface area contributed by atoms with Gasteiger partial charge in [0, 0.05) is 36.3 Å². The Hall–Kier alpha value is -1.89. The van der Waals surface area contributed by atoms with Crippen LogP contribution in [0, 0.1) is 0 Å². The van der Waals surface area contributed by atoms with Gasteiger partial charge < -0.3 is 15.0 Å². The Morgan fingerprint density at radius 2 is 1.78 bits per heavy atom. The fourth-order valence-electron chi connectivity index (χ4n) is 2.93. The van der Waals surface area contributed by atoms with Gasteiger partial charge in [0.2, 0.25) is 0 Å². The van der Waals surface area contributed by atoms with Gasteiger partial charge in [-0.3, -0.25) is 4.21 Å². The Morgan fingerprint density at radius 1 is 1.11 bits per heavy atom. The third-order valence-electron chi connectivity index (χ3n) is 4.38. The quantitative estimate of drug-likeness (QED) is 0.797. The molecule has 0 saturated carbocycles. The zero-order valence-electron chi connectivity index (χ0n) is 15.1. The molecule has 146 valence electrons. The molecule has 1 fully saturated rings. The van der Waals surface area contributed by atoms with Crippen LogP contribution in [0.4, 0.5) is 4.79 Å². The summed E-state index contributed by atoms with van der Waals surface area (Å²) in [7, 11) is -1.01. The van der Waals surface area contributed by atoms with Crippen molar-refractivity contribution in [2.75, 3.05) is 25.4 Å². The summed E-state index contributed by atoms with van der Waals surface area (Å²) in [6.07, 6.45) is 0.466. The molecule has 1 amide bonds. The van der Waals surface area contributed by atoms with Crippen molar-refractivity contribution in [2.45, 2.75) is 24.0 Å². The highest BCUT2D eigenvalue weighted by atomic mass is 35.5. The minimum Gasteiger partial charge on any atom is -0.445 e. The highest BCUT2D eigenvalue weighted by Crippen LogP contribution is 2.11. The van der Waals surface area contributed by atoms with E-state index in [1.54, 1.807) is 4.90 Å². The number of hydrogen-bond donors (Lipinski definition) is 1. The Morgan fingerprint density at radius 3 is 2.48 bits per heavy atom. The van der Waals surface area contributed by atoms with Crippen molar-refractivity contribution in [3.05, 3.63) is 66.2 Å². The molecule has 2 atom stereocenters. The molecule has 1 N–H and O–H groups in total. The number of carbonyl (C=O) groups is 1. The maximum absolute atomic E-state index is 12.3. The van der Waals surface area contributed by atoms with Crippen molar-refractivity contribution in [3.8, 4) is 0 Å². The first-order valence-corrected chi connectivity index (χ1v) is 10.2. The van der Waals surface area contributed by atoms with Crippen molar-refractivity contribution in [2.24, 2.45) is 0 Å². The van der Waals surface area contributed by atoms with E-state index in [9.17, 15) is 9.00 Å². The lowest BCUT2D eigenvalue weighted by atomic mass is 10.2. The summed E-state index contributed by atoms with van der Waals surface area (Å²) in [5, 5.41) is 3.40. The van der Waals surface area contributed by atoms with Gasteiger partial charge >= 0.3 is 6.09 Å². The van der Waals surface area contributed by atoms with Crippen molar-refractivity contribution >= 4 is 29.3 Å². The van der Waals surface area contributed by atoms with E-state index < -0.39 is 10.8 Å². The minimum atomic E-state index is -1.01. The standard InChI is InChI=1S/C20H24N2O3S.ClH/c23-20(25-16-17-7-3-1-4-8-17)22-13-12-21-18(15-22)11-14-26(24)19-9-5-2-6-10-19;/h1-10,18,21H,11-16H2;1H/t18-,26?;/m1./s1. The first-order valence-electron chi connectivity index (χ1n) is 8.85. The van der Waals surface area contributed by atoms with Crippen LogP contribution in [0.25, 0.3) is 0 Å². The lowest BCUT2D eigenvalue weighted by Gasteiger charge is -2.33. The number of rotatable bonds is 6. The topological polar surface area (TPSA) is 58.6 Å². The molecule has 1 saturated heterocycles. The van der Waals surface area contributed by atoms with Gasteiger partial charge in [-0.25, -0.2) is 4.79 Å². The maximum Gasteiger partial charge on any atom is 0.410 e. The molecule has 0 radical (unpaired) electrons. The number of benzene rings is 2. The van der Waals surface area contributed by atoms with E-state index in [2.05, 4.69) is 5.32 Å². The number of halogens is 1. The van der Waals surface area contributed by atoms with Crippen molar-refractivity contribution < 1.29 is 13.7 Å². The molecule has 3 rings (SSSR count). The number of hydrogen-bond acceptors (Lipinski definition) is 4. The van der Waals surface area contributed by atoms with Gasteiger partial charge in [-0.2, -0.15) is 0 Å². The summed E-state index contributed by atoms with van der Waals surface area (Å²) >= 11 is 0. The van der Waals surface area contributed by atoms with Crippen molar-refractivity contribution in [1.29, 1.82) is 0 Å². The van der Waals surface area contributed by atoms with Crippen LogP contribution < -0.4 is 5.32 Å². The zero-order chi connectivity index (χ0) is 18.2. The smallest absolute Gasteiger partial charge is 0.410 e. The first-order chi connectivity index (χ1) is 12.7. The fourth-order valence-corrected chi connectivity index (χ4v) is 4.13. The molecule has 0 aromatic heterocycles. The summed E-state index contributed by atoms with van der Waals surface area (Å²) < 4.78 is 17.8. The monoisotopic (exact) mass is 408 g/mol. The van der Waals surface area contributed by atoms with Crippen LogP contribution in [0.2, 0.25) is 0 Å². The van der Waals surface area contributed by atoms with Crippen LogP contribution in [-0.2, 0) is 22.1 Å². The summed E-state index contributed by atoms with van der Waals surface area (Å²) in [6.45, 7) is 2.22. The summed E-state index contributed by atoms with van der Waals surface area (Å²) in [4.78, 5) is 14.9. The number of carbonyl (C=O) groups excluding carboxylic acids is 1. The lowest BCUT2D eigenvalue weighted by Crippen LogP contribution is -2.53. The minimum absolute atomic E-state index is 0. The molecule has 2 aromatic carbocycles. The summed E-state index contributed by atoms with van der Waals surface area (Å²) in [5.74, 6) is 0.578. The van der Waals surface area contributed by atoms with E-state index in [-0.39, 0.29) is 31.1 Å². The van der Waals surface area contributed by atoms with E-state index in [4.69, 9.17) is 4.74 Å². The van der Waals surface area contributed by atoms with Crippen LogP contribution in [0.15, 0.2) is 65.6 Å². The number of nitrogens with zero attached hydrogens (tertiary/aromatic N) is 1. The Balaban J connectivity index is 0.00000261. The van der Waals surface area contributed by atoms with E-state index >= 15 is 0 Å². The molecule has 2 aromatic rings. The third kappa shape index (κ3) is 6.65. The van der Waals surface area contributed by atoms with Crippen LogP contribution >= 0.6 is 12.4 Å². The number of amides is 1. The predicted octanol–water partition coefficient (Wildman–Crippen LogP) is 3.22. The second kappa shape index (κ2) is 11.1. The Kier molecular flexibility index (Phi) is 8.78. The van der Waals surface area contributed by atoms with E-state index in [1.165, 1.54) is 0 Å². The molecular weight excluding hydrogens is 384 g/mol. The molecule has 1 aliphatic rings. The summed E-state index contributed by atoms with van der Waals surface area (Å²) in [5.41, 5.74) is 0.978. The van der Waals surface area contributed by atoms with Gasteiger partial charge in [0.15, 0.2) is 0 Å². The molecule has 1 unspecified atom stereocenters. The first kappa shape index (κ1) is 21.4. The van der Waals surface area contributed by atoms with E-state index in [0.717, 1.165) is 23.4 Å². The average molecular weight is 409 g/mol. The zero-order valence-corrected chi connectivity index (χ0v) is 16.7. The second-order valence-corrected chi connectivity index (χ2v) is 7.86. The number of piperazine rings is 1. The third-order valence-corrected chi connectivity index (χ3v) is 5.78. The van der Waals surface area contributed by atoms with Crippen LogP contribution in [0.3, 0.4) is 0 Å². The lowest BCUT2D eigenvalue weighted by molar-refractivity contribution is 0.0847. The largest absolute Gasteiger partial charge is 0.445 e. The molecule has 7 heteroatoms. The summed E-state index contributed by atoms with van der Waals surface area (Å²) in [6, 6.07) is 19.3. The molecule has 5 nitrogen and oxygen atoms in total. The van der Waals surface area contributed by atoms with Crippen LogP contribution in [-0.4, -0.2) is 46.6 Å². The number of ether oxygens (including phenoxy) is 1. The molecular formula is C20H25ClN2O3S. The molecule has 0 aliphatic carbocycles. The SMILES string of the molecule is Cl.O=C(OCc1ccccc1)N1CCN[C@H](CCS(=O)c2ccccc2)C1. The van der Waals surface area contributed by atoms with Gasteiger partial charge in [-0.1, -0.05) is 48.5 Å². The van der Waals surface area contributed by atoms with Gasteiger partial charge in [0.05, 0.1) is 10.8 Å². The van der Waals surface area contributed by atoms with E-state index in [0.29, 0.717) is 18.8 Å². The highest BCUT2D eigenvalue weighted by molar-refractivity contribution is 7.85. The molecule has 1 aliphatic heterocycles. The second-order valence-electron chi connectivity index (χ2n) is 6.29. The van der Waals surface area contributed by atoms with Crippen LogP contribution in [0.5, 0.6) is 0 Å². The Bertz CT molecular complexity index is 731. The Labute approximate surface area is 169 Å². The van der Waals surface area contributed by atoms with E-state index in [1.807, 2.05) is 60.7 Å². The fraction of sp³-hybridized carbons (Fsp3) is 0.350. The maximum atomic E-state index is 12.3. The molecule has 0 bridgehead atoms. The number of nitrogens with one attached hydrogen (secondary N) is 1. The highest BCUT2D eigenvalue weighted by Gasteiger charge is 2.24. The molecule has 27 heavy (non-hydrogen) atoms. The van der Waals surface area contributed by atoms with Gasteiger partial charge in [0.25, 0.3) is 0 Å².